The highest BCUT2D eigenvalue weighted by atomic mass is 32.2. The van der Waals surface area contributed by atoms with Crippen LogP contribution in [-0.2, 0) is 15.6 Å². The zero-order valence-corrected chi connectivity index (χ0v) is 26.4. The van der Waals surface area contributed by atoms with Crippen molar-refractivity contribution in [3.05, 3.63) is 57.0 Å². The maximum Gasteiger partial charge on any atom is 0.290 e. The molecule has 0 spiro atoms. The molecule has 2 aromatic carbocycles. The number of hydrogen-bond acceptors (Lipinski definition) is 4. The minimum atomic E-state index is -0.870. The van der Waals surface area contributed by atoms with Gasteiger partial charge in [0.05, 0.1) is 17.6 Å². The molecule has 0 unspecified atom stereocenters. The first-order valence-corrected chi connectivity index (χ1v) is 14.6. The molecule has 1 aliphatic carbocycles. The molecule has 1 heterocycles. The third-order valence-electron chi connectivity index (χ3n) is 6.82. The molecule has 216 valence electrons. The first kappa shape index (κ1) is 34.4. The Bertz CT molecular complexity index is 1230. The summed E-state index contributed by atoms with van der Waals surface area (Å²) in [6.45, 7) is 22.7. The lowest BCUT2D eigenvalue weighted by Crippen LogP contribution is -2.34. The van der Waals surface area contributed by atoms with E-state index in [1.165, 1.54) is 12.7 Å². The van der Waals surface area contributed by atoms with Crippen LogP contribution in [0, 0.1) is 18.6 Å². The number of ether oxygens (including phenoxy) is 1. The van der Waals surface area contributed by atoms with E-state index in [0.717, 1.165) is 36.1 Å². The van der Waals surface area contributed by atoms with Crippen LogP contribution in [0.2, 0.25) is 0 Å². The van der Waals surface area contributed by atoms with E-state index in [1.54, 1.807) is 0 Å². The molecule has 1 saturated heterocycles. The van der Waals surface area contributed by atoms with Gasteiger partial charge in [-0.25, -0.2) is 8.78 Å². The van der Waals surface area contributed by atoms with Crippen LogP contribution in [0.25, 0.3) is 17.2 Å². The number of aryl methyl sites for hydroxylation is 1. The molecule has 0 aromatic heterocycles. The van der Waals surface area contributed by atoms with Crippen LogP contribution in [-0.4, -0.2) is 18.3 Å². The third kappa shape index (κ3) is 7.10. The molecule has 0 atom stereocenters. The van der Waals surface area contributed by atoms with Crippen LogP contribution in [0.15, 0.2) is 23.1 Å². The molecule has 1 aliphatic heterocycles. The normalized spacial score (nSPS) is 17.4. The summed E-state index contributed by atoms with van der Waals surface area (Å²) < 4.78 is 36.2. The van der Waals surface area contributed by atoms with E-state index >= 15 is 4.39 Å². The number of fused-ring (bicyclic) bond motifs is 1. The van der Waals surface area contributed by atoms with Crippen molar-refractivity contribution in [1.29, 1.82) is 0 Å². The van der Waals surface area contributed by atoms with E-state index < -0.39 is 22.8 Å². The van der Waals surface area contributed by atoms with Crippen molar-refractivity contribution in [3.63, 3.8) is 0 Å². The number of carbonyl (C=O) groups excluding carboxylic acids is 2. The Labute approximate surface area is 238 Å². The Morgan fingerprint density at radius 1 is 0.897 bits per heavy atom. The van der Waals surface area contributed by atoms with Crippen molar-refractivity contribution in [2.45, 2.75) is 99.8 Å². The summed E-state index contributed by atoms with van der Waals surface area (Å²) >= 11 is 0.616. The fraction of sp³-hybridized carbons (Fsp3) is 0.500. The molecular formula is C32H45F2NO3S. The number of benzene rings is 2. The zero-order valence-electron chi connectivity index (χ0n) is 25.6. The first-order valence-electron chi connectivity index (χ1n) is 13.8. The van der Waals surface area contributed by atoms with Crippen LogP contribution in [0.1, 0.15) is 104 Å². The molecule has 7 heteroatoms. The van der Waals surface area contributed by atoms with E-state index in [0.29, 0.717) is 17.3 Å². The molecule has 2 aliphatic rings. The Kier molecular flexibility index (Phi) is 12.4. The largest absolute Gasteiger partial charge is 0.496 e. The minimum absolute atomic E-state index is 0.00521. The second kappa shape index (κ2) is 14.1. The van der Waals surface area contributed by atoms with Gasteiger partial charge < -0.3 is 4.74 Å². The van der Waals surface area contributed by atoms with E-state index in [-0.39, 0.29) is 32.6 Å². The SMILES string of the molecule is CC.CC.CC.COc1cc(F)c(/C=C2\SC(=O)NC2=O)c(F)c1-c1cc2c(cc1C)C(C)(C)CCC2(C)C. The van der Waals surface area contributed by atoms with Gasteiger partial charge in [-0.05, 0) is 76.8 Å². The highest BCUT2D eigenvalue weighted by Crippen LogP contribution is 2.49. The molecule has 0 radical (unpaired) electrons. The van der Waals surface area contributed by atoms with Crippen molar-refractivity contribution in [2.24, 2.45) is 0 Å². The van der Waals surface area contributed by atoms with Crippen molar-refractivity contribution >= 4 is 29.0 Å². The van der Waals surface area contributed by atoms with Gasteiger partial charge in [0.1, 0.15) is 17.4 Å². The van der Waals surface area contributed by atoms with Crippen LogP contribution in [0.5, 0.6) is 5.75 Å². The van der Waals surface area contributed by atoms with Gasteiger partial charge in [-0.2, -0.15) is 0 Å². The smallest absolute Gasteiger partial charge is 0.290 e. The van der Waals surface area contributed by atoms with Gasteiger partial charge in [0.2, 0.25) is 0 Å². The number of halogens is 2. The van der Waals surface area contributed by atoms with Crippen molar-refractivity contribution < 1.29 is 23.1 Å². The minimum Gasteiger partial charge on any atom is -0.496 e. The second-order valence-corrected chi connectivity index (χ2v) is 11.0. The quantitative estimate of drug-likeness (QED) is 0.379. The maximum absolute atomic E-state index is 15.9. The summed E-state index contributed by atoms with van der Waals surface area (Å²) in [4.78, 5) is 23.4. The van der Waals surface area contributed by atoms with Crippen LogP contribution in [0.3, 0.4) is 0 Å². The second-order valence-electron chi connectivity index (χ2n) is 10.00. The number of amides is 2. The number of thioether (sulfide) groups is 1. The average molecular weight is 562 g/mol. The van der Waals surface area contributed by atoms with E-state index in [4.69, 9.17) is 4.74 Å². The van der Waals surface area contributed by atoms with Gasteiger partial charge in [-0.3, -0.25) is 14.9 Å². The number of rotatable bonds is 3. The highest BCUT2D eigenvalue weighted by Gasteiger charge is 2.38. The fourth-order valence-corrected chi connectivity index (χ4v) is 5.36. The molecular weight excluding hydrogens is 516 g/mol. The van der Waals surface area contributed by atoms with Crippen LogP contribution < -0.4 is 10.1 Å². The Morgan fingerprint density at radius 3 is 1.87 bits per heavy atom. The predicted molar refractivity (Wildman–Crippen MR) is 162 cm³/mol. The number of methoxy groups -OCH3 is 1. The Hall–Kier alpha value is -2.67. The summed E-state index contributed by atoms with van der Waals surface area (Å²) in [5.41, 5.74) is 3.51. The maximum atomic E-state index is 15.9. The number of nitrogens with one attached hydrogen (secondary N) is 1. The number of hydrogen-bond donors (Lipinski definition) is 1. The van der Waals surface area contributed by atoms with Crippen molar-refractivity contribution in [3.8, 4) is 16.9 Å². The molecule has 1 fully saturated rings. The van der Waals surface area contributed by atoms with Crippen molar-refractivity contribution in [2.75, 3.05) is 7.11 Å². The lowest BCUT2D eigenvalue weighted by atomic mass is 9.62. The van der Waals surface area contributed by atoms with Gasteiger partial charge in [0.15, 0.2) is 0 Å². The molecule has 39 heavy (non-hydrogen) atoms. The molecule has 0 saturated carbocycles. The van der Waals surface area contributed by atoms with E-state index in [9.17, 15) is 14.0 Å². The topological polar surface area (TPSA) is 55.4 Å². The van der Waals surface area contributed by atoms with Gasteiger partial charge in [-0.15, -0.1) is 0 Å². The van der Waals surface area contributed by atoms with E-state index in [1.807, 2.05) is 54.5 Å². The zero-order chi connectivity index (χ0) is 30.3. The Balaban J connectivity index is 0.00000119. The lowest BCUT2D eigenvalue weighted by Gasteiger charge is -2.42. The van der Waals surface area contributed by atoms with Gasteiger partial charge in [0, 0.05) is 11.6 Å². The number of carbonyl (C=O) groups is 2. The van der Waals surface area contributed by atoms with Gasteiger partial charge in [0.25, 0.3) is 11.1 Å². The standard InChI is InChI=1S/C26H27F2NO3S.3C2H6/c1-13-9-16-17(26(4,5)8-7-25(16,2)3)10-14(13)21-19(32-6)12-18(27)15(22(21)28)11-20-23(30)29-24(31)33-20;3*1-2/h9-12H,7-8H2,1-6H3,(H,29,30,31);3*1-2H3/b20-11-;;;. The summed E-state index contributed by atoms with van der Waals surface area (Å²) in [5, 5.41) is 1.53. The van der Waals surface area contributed by atoms with E-state index in [2.05, 4.69) is 39.1 Å². The lowest BCUT2D eigenvalue weighted by molar-refractivity contribution is -0.115. The molecule has 2 aromatic rings. The molecule has 1 N–H and O–H groups in total. The number of imide groups is 1. The summed E-state index contributed by atoms with van der Waals surface area (Å²) in [6, 6.07) is 5.23. The van der Waals surface area contributed by atoms with Gasteiger partial charge >= 0.3 is 0 Å². The third-order valence-corrected chi connectivity index (χ3v) is 7.63. The highest BCUT2D eigenvalue weighted by molar-refractivity contribution is 8.18. The molecule has 4 nitrogen and oxygen atoms in total. The van der Waals surface area contributed by atoms with Crippen LogP contribution >= 0.6 is 11.8 Å². The molecule has 0 bridgehead atoms. The summed E-state index contributed by atoms with van der Waals surface area (Å²) in [5.74, 6) is -2.30. The summed E-state index contributed by atoms with van der Waals surface area (Å²) in [6.07, 6.45) is 3.13. The molecule has 4 rings (SSSR count). The van der Waals surface area contributed by atoms with Crippen LogP contribution in [0.4, 0.5) is 13.6 Å². The average Bonchev–Trinajstić information content (AvgIpc) is 3.24. The van der Waals surface area contributed by atoms with Crippen molar-refractivity contribution in [1.82, 2.24) is 5.32 Å². The first-order chi connectivity index (χ1) is 18.4. The van der Waals surface area contributed by atoms with Gasteiger partial charge in [-0.1, -0.05) is 75.3 Å². The monoisotopic (exact) mass is 561 g/mol. The Morgan fingerprint density at radius 2 is 1.41 bits per heavy atom. The summed E-state index contributed by atoms with van der Waals surface area (Å²) in [7, 11) is 1.37. The predicted octanol–water partition coefficient (Wildman–Crippen LogP) is 9.70. The fourth-order valence-electron chi connectivity index (χ4n) is 4.70. The molecule has 2 amide bonds.